The number of nitrogens with one attached hydrogen (secondary N) is 1. The summed E-state index contributed by atoms with van der Waals surface area (Å²) in [6.45, 7) is 11.7. The molecule has 16 heavy (non-hydrogen) atoms. The first-order valence-corrected chi connectivity index (χ1v) is 5.50. The van der Waals surface area contributed by atoms with Crippen LogP contribution in [-0.2, 0) is 0 Å². The molecule has 1 rings (SSSR count). The molecule has 0 aromatic heterocycles. The van der Waals surface area contributed by atoms with Crippen LogP contribution in [0.1, 0.15) is 13.8 Å². The monoisotopic (exact) mass is 211 g/mol. The molecule has 1 aliphatic heterocycles. The average molecular weight is 211 g/mol. The Morgan fingerprint density at radius 2 is 1.38 bits per heavy atom. The largest absolute Gasteiger partial charge is 0.356 e. The van der Waals surface area contributed by atoms with Crippen LogP contribution in [0.3, 0.4) is 0 Å². The first kappa shape index (κ1) is 12.4. The number of hydrogen-bond donors (Lipinski definition) is 1. The Morgan fingerprint density at radius 1 is 0.938 bits per heavy atom. The van der Waals surface area contributed by atoms with Gasteiger partial charge in [-0.05, 0) is 26.0 Å². The fraction of sp³-hybridized carbons (Fsp3) is 0.143. The summed E-state index contributed by atoms with van der Waals surface area (Å²) < 4.78 is 0. The van der Waals surface area contributed by atoms with E-state index in [-0.39, 0.29) is 0 Å². The van der Waals surface area contributed by atoms with Gasteiger partial charge in [0, 0.05) is 11.4 Å². The fourth-order valence-electron chi connectivity index (χ4n) is 1.77. The molecule has 0 aliphatic carbocycles. The van der Waals surface area contributed by atoms with E-state index in [9.17, 15) is 0 Å². The van der Waals surface area contributed by atoms with E-state index in [1.165, 1.54) is 10.9 Å². The molecular formula is C14H18BN. The molecule has 0 atom stereocenters. The van der Waals surface area contributed by atoms with Crippen molar-refractivity contribution in [1.82, 2.24) is 5.32 Å². The van der Waals surface area contributed by atoms with Gasteiger partial charge in [-0.2, -0.15) is 0 Å². The van der Waals surface area contributed by atoms with Crippen molar-refractivity contribution in [2.24, 2.45) is 0 Å². The molecular weight excluding hydrogens is 193 g/mol. The van der Waals surface area contributed by atoms with Crippen LogP contribution in [0.15, 0.2) is 72.0 Å². The zero-order valence-corrected chi connectivity index (χ0v) is 10.1. The molecule has 0 bridgehead atoms. The first-order valence-electron chi connectivity index (χ1n) is 5.50. The SMILES string of the molecule is C=CC1=C(/C=C\C)BC(/C=C\C)=C(C=C)N1. The minimum atomic E-state index is 0.921. The van der Waals surface area contributed by atoms with Crippen LogP contribution in [0.4, 0.5) is 0 Å². The van der Waals surface area contributed by atoms with Gasteiger partial charge in [-0.15, -0.1) is 0 Å². The van der Waals surface area contributed by atoms with Crippen LogP contribution >= 0.6 is 0 Å². The Labute approximate surface area is 98.9 Å². The maximum Gasteiger partial charge on any atom is 0.197 e. The Kier molecular flexibility index (Phi) is 4.65. The molecule has 1 nitrogen and oxygen atoms in total. The standard InChI is InChI=1S/C14H18BN/c1-5-9-11-13(7-3)16-14(8-4)12(15-11)10-6-2/h5-10,15-16H,3-4H2,1-2H3/b9-5-,10-6-. The van der Waals surface area contributed by atoms with E-state index in [1.807, 2.05) is 38.2 Å². The quantitative estimate of drug-likeness (QED) is 0.705. The van der Waals surface area contributed by atoms with E-state index in [4.69, 9.17) is 0 Å². The second kappa shape index (κ2) is 6.01. The van der Waals surface area contributed by atoms with Gasteiger partial charge in [0.15, 0.2) is 7.28 Å². The molecule has 0 saturated carbocycles. The van der Waals surface area contributed by atoms with E-state index < -0.39 is 0 Å². The molecule has 0 radical (unpaired) electrons. The van der Waals surface area contributed by atoms with Gasteiger partial charge in [-0.1, -0.05) is 48.4 Å². The minimum absolute atomic E-state index is 0.921. The molecule has 0 saturated heterocycles. The summed E-state index contributed by atoms with van der Waals surface area (Å²) in [4.78, 5) is 0. The fourth-order valence-corrected chi connectivity index (χ4v) is 1.77. The van der Waals surface area contributed by atoms with Crippen molar-refractivity contribution in [3.63, 3.8) is 0 Å². The molecule has 0 aromatic rings. The Hall–Kier alpha value is -1.70. The van der Waals surface area contributed by atoms with Crippen molar-refractivity contribution >= 4 is 7.28 Å². The highest BCUT2D eigenvalue weighted by atomic mass is 14.9. The van der Waals surface area contributed by atoms with Crippen LogP contribution in [0.25, 0.3) is 0 Å². The van der Waals surface area contributed by atoms with E-state index in [0.29, 0.717) is 0 Å². The molecule has 0 unspecified atom stereocenters. The minimum Gasteiger partial charge on any atom is -0.356 e. The van der Waals surface area contributed by atoms with Crippen molar-refractivity contribution in [2.75, 3.05) is 0 Å². The number of hydrogen-bond acceptors (Lipinski definition) is 1. The van der Waals surface area contributed by atoms with E-state index >= 15 is 0 Å². The third-order valence-electron chi connectivity index (χ3n) is 2.49. The lowest BCUT2D eigenvalue weighted by molar-refractivity contribution is 1.03. The number of allylic oxidation sites excluding steroid dienone is 8. The van der Waals surface area contributed by atoms with Gasteiger partial charge < -0.3 is 5.32 Å². The van der Waals surface area contributed by atoms with E-state index in [0.717, 1.165) is 18.7 Å². The van der Waals surface area contributed by atoms with Gasteiger partial charge in [0.2, 0.25) is 0 Å². The predicted molar refractivity (Wildman–Crippen MR) is 74.4 cm³/mol. The Morgan fingerprint density at radius 3 is 1.69 bits per heavy atom. The zero-order valence-electron chi connectivity index (χ0n) is 10.1. The van der Waals surface area contributed by atoms with Crippen molar-refractivity contribution in [3.8, 4) is 0 Å². The van der Waals surface area contributed by atoms with Crippen molar-refractivity contribution < 1.29 is 0 Å². The maximum atomic E-state index is 3.83. The highest BCUT2D eigenvalue weighted by Gasteiger charge is 2.14. The van der Waals surface area contributed by atoms with Gasteiger partial charge in [0.1, 0.15) is 0 Å². The smallest absolute Gasteiger partial charge is 0.197 e. The molecule has 82 valence electrons. The predicted octanol–water partition coefficient (Wildman–Crippen LogP) is 2.97. The lowest BCUT2D eigenvalue weighted by atomic mass is 9.59. The number of rotatable bonds is 4. The third kappa shape index (κ3) is 2.66. The summed E-state index contributed by atoms with van der Waals surface area (Å²) in [7, 11) is 0.921. The molecule has 0 aromatic carbocycles. The molecule has 1 aliphatic rings. The van der Waals surface area contributed by atoms with Gasteiger partial charge in [-0.3, -0.25) is 0 Å². The third-order valence-corrected chi connectivity index (χ3v) is 2.49. The Bertz CT molecular complexity index is 370. The molecule has 1 heterocycles. The van der Waals surface area contributed by atoms with Crippen molar-refractivity contribution in [1.29, 1.82) is 0 Å². The second-order valence-corrected chi connectivity index (χ2v) is 3.59. The molecule has 0 spiro atoms. The topological polar surface area (TPSA) is 12.0 Å². The normalized spacial score (nSPS) is 16.6. The highest BCUT2D eigenvalue weighted by molar-refractivity contribution is 6.56. The first-order chi connectivity index (χ1) is 7.76. The zero-order chi connectivity index (χ0) is 12.0. The molecule has 1 N–H and O–H groups in total. The summed E-state index contributed by atoms with van der Waals surface area (Å²) in [5, 5.41) is 3.34. The van der Waals surface area contributed by atoms with Crippen LogP contribution < -0.4 is 5.32 Å². The highest BCUT2D eigenvalue weighted by Crippen LogP contribution is 2.19. The summed E-state index contributed by atoms with van der Waals surface area (Å²) in [5.41, 5.74) is 4.66. The van der Waals surface area contributed by atoms with Crippen LogP contribution in [0.2, 0.25) is 0 Å². The van der Waals surface area contributed by atoms with Crippen LogP contribution in [0.5, 0.6) is 0 Å². The molecule has 0 amide bonds. The summed E-state index contributed by atoms with van der Waals surface area (Å²) in [5.74, 6) is 0. The lowest BCUT2D eigenvalue weighted by Crippen LogP contribution is -2.23. The van der Waals surface area contributed by atoms with Crippen LogP contribution in [-0.4, -0.2) is 7.28 Å². The van der Waals surface area contributed by atoms with E-state index in [2.05, 4.69) is 30.6 Å². The van der Waals surface area contributed by atoms with Crippen molar-refractivity contribution in [2.45, 2.75) is 13.8 Å². The summed E-state index contributed by atoms with van der Waals surface area (Å²) >= 11 is 0. The second-order valence-electron chi connectivity index (χ2n) is 3.59. The van der Waals surface area contributed by atoms with E-state index in [1.54, 1.807) is 0 Å². The van der Waals surface area contributed by atoms with Gasteiger partial charge in [0.25, 0.3) is 0 Å². The lowest BCUT2D eigenvalue weighted by Gasteiger charge is -2.21. The maximum absolute atomic E-state index is 3.83. The molecule has 2 heteroatoms. The summed E-state index contributed by atoms with van der Waals surface area (Å²) in [6.07, 6.45) is 12.0. The Balaban J connectivity index is 3.10. The van der Waals surface area contributed by atoms with Gasteiger partial charge in [-0.25, -0.2) is 0 Å². The summed E-state index contributed by atoms with van der Waals surface area (Å²) in [6, 6.07) is 0. The van der Waals surface area contributed by atoms with Crippen LogP contribution in [0, 0.1) is 0 Å². The van der Waals surface area contributed by atoms with Gasteiger partial charge in [0.05, 0.1) is 0 Å². The average Bonchev–Trinajstić information content (AvgIpc) is 2.30. The van der Waals surface area contributed by atoms with Gasteiger partial charge >= 0.3 is 0 Å². The van der Waals surface area contributed by atoms with Crippen molar-refractivity contribution in [3.05, 3.63) is 72.0 Å². The molecule has 0 fully saturated rings.